The lowest BCUT2D eigenvalue weighted by atomic mass is 10.1. The summed E-state index contributed by atoms with van der Waals surface area (Å²) in [6.45, 7) is 9.51. The van der Waals surface area contributed by atoms with Gasteiger partial charge in [-0.15, -0.1) is 11.6 Å². The molecule has 0 aromatic rings. The molecule has 1 amide bonds. The first kappa shape index (κ1) is 14.8. The maximum atomic E-state index is 11.8. The van der Waals surface area contributed by atoms with Crippen molar-refractivity contribution in [3.8, 4) is 0 Å². The number of halogens is 1. The summed E-state index contributed by atoms with van der Waals surface area (Å²) in [5.41, 5.74) is 0. The number of rotatable bonds is 6. The van der Waals surface area contributed by atoms with Crippen LogP contribution in [0.4, 0.5) is 0 Å². The molecule has 0 aromatic carbocycles. The van der Waals surface area contributed by atoms with Crippen LogP contribution < -0.4 is 0 Å². The van der Waals surface area contributed by atoms with Gasteiger partial charge < -0.3 is 4.90 Å². The number of carbonyl (C=O) groups is 1. The van der Waals surface area contributed by atoms with Crippen LogP contribution in [0.25, 0.3) is 0 Å². The van der Waals surface area contributed by atoms with Crippen molar-refractivity contribution < 1.29 is 4.79 Å². The minimum atomic E-state index is 0.272. The molecule has 0 bridgehead atoms. The first-order chi connectivity index (χ1) is 8.13. The molecule has 0 N–H and O–H groups in total. The van der Waals surface area contributed by atoms with Crippen LogP contribution in [0.2, 0.25) is 0 Å². The molecular weight excluding hydrogens is 236 g/mol. The zero-order chi connectivity index (χ0) is 12.7. The molecule has 1 aliphatic rings. The molecule has 0 aromatic heterocycles. The van der Waals surface area contributed by atoms with Crippen molar-refractivity contribution in [1.29, 1.82) is 0 Å². The molecule has 1 aliphatic heterocycles. The fourth-order valence-corrected chi connectivity index (χ4v) is 2.17. The summed E-state index contributed by atoms with van der Waals surface area (Å²) in [6.07, 6.45) is 2.66. The van der Waals surface area contributed by atoms with Gasteiger partial charge in [-0.1, -0.05) is 13.8 Å². The van der Waals surface area contributed by atoms with E-state index in [1.54, 1.807) is 0 Å². The van der Waals surface area contributed by atoms with E-state index >= 15 is 0 Å². The van der Waals surface area contributed by atoms with Gasteiger partial charge in [0.1, 0.15) is 0 Å². The number of piperazine rings is 1. The molecule has 4 heteroatoms. The molecule has 0 spiro atoms. The smallest absolute Gasteiger partial charge is 0.222 e. The molecule has 0 atom stereocenters. The maximum Gasteiger partial charge on any atom is 0.222 e. The average Bonchev–Trinajstić information content (AvgIpc) is 2.34. The van der Waals surface area contributed by atoms with E-state index < -0.39 is 0 Å². The van der Waals surface area contributed by atoms with E-state index in [-0.39, 0.29) is 5.91 Å². The van der Waals surface area contributed by atoms with E-state index in [9.17, 15) is 4.79 Å². The lowest BCUT2D eigenvalue weighted by Gasteiger charge is -2.35. The molecule has 0 unspecified atom stereocenters. The lowest BCUT2D eigenvalue weighted by Crippen LogP contribution is -2.48. The second-order valence-corrected chi connectivity index (χ2v) is 5.58. The zero-order valence-corrected chi connectivity index (χ0v) is 11.9. The Morgan fingerprint density at radius 2 is 1.88 bits per heavy atom. The SMILES string of the molecule is CC(C)CCN1CCN(C(=O)CCCCl)CC1. The van der Waals surface area contributed by atoms with Gasteiger partial charge in [0.25, 0.3) is 0 Å². The molecule has 1 heterocycles. The lowest BCUT2D eigenvalue weighted by molar-refractivity contribution is -0.133. The minimum Gasteiger partial charge on any atom is -0.340 e. The Balaban J connectivity index is 2.18. The predicted octanol–water partition coefficient (Wildman–Crippen LogP) is 2.20. The second-order valence-electron chi connectivity index (χ2n) is 5.20. The summed E-state index contributed by atoms with van der Waals surface area (Å²) in [5.74, 6) is 1.62. The van der Waals surface area contributed by atoms with Gasteiger partial charge in [-0.3, -0.25) is 9.69 Å². The first-order valence-electron chi connectivity index (χ1n) is 6.69. The molecular formula is C13H25ClN2O. The molecule has 1 rings (SSSR count). The van der Waals surface area contributed by atoms with Crippen molar-refractivity contribution in [2.75, 3.05) is 38.6 Å². The van der Waals surface area contributed by atoms with Crippen molar-refractivity contribution >= 4 is 17.5 Å². The largest absolute Gasteiger partial charge is 0.340 e. The highest BCUT2D eigenvalue weighted by Gasteiger charge is 2.20. The van der Waals surface area contributed by atoms with E-state index in [0.717, 1.165) is 38.5 Å². The number of hydrogen-bond acceptors (Lipinski definition) is 2. The molecule has 17 heavy (non-hydrogen) atoms. The predicted molar refractivity (Wildman–Crippen MR) is 72.4 cm³/mol. The first-order valence-corrected chi connectivity index (χ1v) is 7.23. The quantitative estimate of drug-likeness (QED) is 0.684. The van der Waals surface area contributed by atoms with Crippen LogP contribution in [0.15, 0.2) is 0 Å². The van der Waals surface area contributed by atoms with Crippen LogP contribution in [0, 0.1) is 5.92 Å². The summed E-state index contributed by atoms with van der Waals surface area (Å²) in [4.78, 5) is 16.2. The minimum absolute atomic E-state index is 0.272. The summed E-state index contributed by atoms with van der Waals surface area (Å²) >= 11 is 5.60. The fourth-order valence-electron chi connectivity index (χ4n) is 2.04. The average molecular weight is 261 g/mol. The van der Waals surface area contributed by atoms with Gasteiger partial charge in [-0.05, 0) is 25.3 Å². The highest BCUT2D eigenvalue weighted by atomic mass is 35.5. The number of amides is 1. The maximum absolute atomic E-state index is 11.8. The van der Waals surface area contributed by atoms with Crippen LogP contribution in [0.3, 0.4) is 0 Å². The van der Waals surface area contributed by atoms with Crippen molar-refractivity contribution in [3.05, 3.63) is 0 Å². The molecule has 100 valence electrons. The standard InChI is InChI=1S/C13H25ClN2O/c1-12(2)5-7-15-8-10-16(11-9-15)13(17)4-3-6-14/h12H,3-11H2,1-2H3. The molecule has 3 nitrogen and oxygen atoms in total. The fraction of sp³-hybridized carbons (Fsp3) is 0.923. The Hall–Kier alpha value is -0.280. The third kappa shape index (κ3) is 5.73. The number of carbonyl (C=O) groups excluding carboxylic acids is 1. The van der Waals surface area contributed by atoms with Gasteiger partial charge in [-0.2, -0.15) is 0 Å². The van der Waals surface area contributed by atoms with Crippen molar-refractivity contribution in [2.24, 2.45) is 5.92 Å². The Morgan fingerprint density at radius 3 is 2.41 bits per heavy atom. The van der Waals surface area contributed by atoms with Gasteiger partial charge >= 0.3 is 0 Å². The topological polar surface area (TPSA) is 23.6 Å². The van der Waals surface area contributed by atoms with Crippen molar-refractivity contribution in [1.82, 2.24) is 9.80 Å². The number of alkyl halides is 1. The molecule has 1 fully saturated rings. The monoisotopic (exact) mass is 260 g/mol. The number of nitrogens with zero attached hydrogens (tertiary/aromatic N) is 2. The summed E-state index contributed by atoms with van der Waals surface area (Å²) in [7, 11) is 0. The summed E-state index contributed by atoms with van der Waals surface area (Å²) in [5, 5.41) is 0. The summed E-state index contributed by atoms with van der Waals surface area (Å²) in [6, 6.07) is 0. The Labute approximate surface area is 110 Å². The molecule has 0 radical (unpaired) electrons. The van der Waals surface area contributed by atoms with E-state index in [2.05, 4.69) is 18.7 Å². The van der Waals surface area contributed by atoms with E-state index in [1.807, 2.05) is 4.90 Å². The zero-order valence-electron chi connectivity index (χ0n) is 11.1. The van der Waals surface area contributed by atoms with Gasteiger partial charge in [0.05, 0.1) is 0 Å². The van der Waals surface area contributed by atoms with Crippen LogP contribution in [0.5, 0.6) is 0 Å². The third-order valence-electron chi connectivity index (χ3n) is 3.27. The summed E-state index contributed by atoms with van der Waals surface area (Å²) < 4.78 is 0. The second kappa shape index (κ2) is 7.93. The molecule has 0 saturated carbocycles. The van der Waals surface area contributed by atoms with E-state index in [4.69, 9.17) is 11.6 Å². The third-order valence-corrected chi connectivity index (χ3v) is 3.54. The Kier molecular flexibility index (Phi) is 6.90. The van der Waals surface area contributed by atoms with Gasteiger partial charge in [0.15, 0.2) is 0 Å². The molecule has 0 aliphatic carbocycles. The van der Waals surface area contributed by atoms with Gasteiger partial charge in [0, 0.05) is 38.5 Å². The highest BCUT2D eigenvalue weighted by molar-refractivity contribution is 6.17. The van der Waals surface area contributed by atoms with Gasteiger partial charge in [-0.25, -0.2) is 0 Å². The molecule has 1 saturated heterocycles. The Bertz CT molecular complexity index is 225. The van der Waals surface area contributed by atoms with Crippen LogP contribution >= 0.6 is 11.6 Å². The van der Waals surface area contributed by atoms with Crippen molar-refractivity contribution in [3.63, 3.8) is 0 Å². The Morgan fingerprint density at radius 1 is 1.24 bits per heavy atom. The van der Waals surface area contributed by atoms with E-state index in [1.165, 1.54) is 13.0 Å². The van der Waals surface area contributed by atoms with E-state index in [0.29, 0.717) is 12.3 Å². The van der Waals surface area contributed by atoms with Crippen LogP contribution in [0.1, 0.15) is 33.1 Å². The normalized spacial score (nSPS) is 17.8. The van der Waals surface area contributed by atoms with Gasteiger partial charge in [0.2, 0.25) is 5.91 Å². The van der Waals surface area contributed by atoms with Crippen molar-refractivity contribution in [2.45, 2.75) is 33.1 Å². The van der Waals surface area contributed by atoms with Crippen LogP contribution in [-0.4, -0.2) is 54.3 Å². The highest BCUT2D eigenvalue weighted by Crippen LogP contribution is 2.08. The van der Waals surface area contributed by atoms with Crippen LogP contribution in [-0.2, 0) is 4.79 Å². The number of hydrogen-bond donors (Lipinski definition) is 0.